The van der Waals surface area contributed by atoms with Crippen molar-refractivity contribution >= 4 is 17.6 Å². The van der Waals surface area contributed by atoms with E-state index in [9.17, 15) is 4.79 Å². The second-order valence-electron chi connectivity index (χ2n) is 5.87. The molecule has 0 aliphatic rings. The molecule has 0 N–H and O–H groups in total. The molecule has 0 atom stereocenters. The summed E-state index contributed by atoms with van der Waals surface area (Å²) >= 11 is 5.72. The molecule has 1 aromatic carbocycles. The van der Waals surface area contributed by atoms with Crippen LogP contribution in [0.5, 0.6) is 0 Å². The zero-order valence-corrected chi connectivity index (χ0v) is 14.8. The average molecular weight is 337 g/mol. The van der Waals surface area contributed by atoms with Crippen molar-refractivity contribution in [2.45, 2.75) is 63.7 Å². The molecular weight excluding hydrogens is 308 g/mol. The number of ether oxygens (including phenoxy) is 1. The highest BCUT2D eigenvalue weighted by Crippen LogP contribution is 2.11. The second kappa shape index (κ2) is 13.2. The molecule has 23 heavy (non-hydrogen) atoms. The van der Waals surface area contributed by atoms with Crippen molar-refractivity contribution in [1.82, 2.24) is 0 Å². The number of benzene rings is 1. The van der Waals surface area contributed by atoms with E-state index in [0.29, 0.717) is 18.1 Å². The minimum Gasteiger partial charge on any atom is -0.462 e. The van der Waals surface area contributed by atoms with Gasteiger partial charge in [0.2, 0.25) is 0 Å². The van der Waals surface area contributed by atoms with Crippen molar-refractivity contribution in [3.05, 3.63) is 48.0 Å². The van der Waals surface area contributed by atoms with Gasteiger partial charge < -0.3 is 4.74 Å². The molecule has 128 valence electrons. The molecule has 0 unspecified atom stereocenters. The number of carbonyl (C=O) groups excluding carboxylic acids is 1. The Morgan fingerprint density at radius 3 is 2.09 bits per heavy atom. The third-order valence-corrected chi connectivity index (χ3v) is 4.19. The lowest BCUT2D eigenvalue weighted by atomic mass is 10.1. The molecule has 0 saturated heterocycles. The number of unbranched alkanes of at least 4 members (excludes halogenated alkanes) is 8. The topological polar surface area (TPSA) is 26.3 Å². The predicted octanol–water partition coefficient (Wildman–Crippen LogP) is 6.28. The van der Waals surface area contributed by atoms with Crippen LogP contribution in [0.25, 0.3) is 0 Å². The monoisotopic (exact) mass is 336 g/mol. The maximum Gasteiger partial charge on any atom is 0.338 e. The van der Waals surface area contributed by atoms with Gasteiger partial charge in [0, 0.05) is 5.88 Å². The van der Waals surface area contributed by atoms with Crippen molar-refractivity contribution in [2.75, 3.05) is 6.61 Å². The normalized spacial score (nSPS) is 10.5. The first kappa shape index (κ1) is 19.8. The molecule has 0 bridgehead atoms. The first-order valence-electron chi connectivity index (χ1n) is 8.71. The Kier molecular flexibility index (Phi) is 11.3. The van der Waals surface area contributed by atoms with E-state index in [1.165, 1.54) is 38.5 Å². The molecule has 0 aliphatic heterocycles. The maximum atomic E-state index is 11.8. The quantitative estimate of drug-likeness (QED) is 0.183. The van der Waals surface area contributed by atoms with Crippen molar-refractivity contribution in [3.63, 3.8) is 0 Å². The molecule has 0 saturated carbocycles. The number of hydrogen-bond acceptors (Lipinski definition) is 2. The molecule has 0 aromatic heterocycles. The van der Waals surface area contributed by atoms with Crippen LogP contribution in [-0.2, 0) is 10.6 Å². The fraction of sp³-hybridized carbons (Fsp3) is 0.550. The first-order valence-corrected chi connectivity index (χ1v) is 9.24. The number of rotatable bonds is 13. The minimum atomic E-state index is -0.242. The number of carbonyl (C=O) groups is 1. The lowest BCUT2D eigenvalue weighted by Crippen LogP contribution is -2.06. The van der Waals surface area contributed by atoms with Crippen molar-refractivity contribution in [3.8, 4) is 0 Å². The molecule has 1 rings (SSSR count). The molecular formula is C20H29ClO2. The van der Waals surface area contributed by atoms with Gasteiger partial charge in [0.15, 0.2) is 0 Å². The van der Waals surface area contributed by atoms with Crippen LogP contribution in [0.15, 0.2) is 36.9 Å². The van der Waals surface area contributed by atoms with Crippen LogP contribution in [0, 0.1) is 0 Å². The molecule has 2 nitrogen and oxygen atoms in total. The van der Waals surface area contributed by atoms with E-state index in [-0.39, 0.29) is 5.97 Å². The SMILES string of the molecule is C=CCCCCCCCCCCOC(=O)c1ccc(CCl)cc1. The summed E-state index contributed by atoms with van der Waals surface area (Å²) in [5, 5.41) is 0. The highest BCUT2D eigenvalue weighted by Gasteiger charge is 2.06. The van der Waals surface area contributed by atoms with Crippen LogP contribution in [0.3, 0.4) is 0 Å². The molecule has 0 aliphatic carbocycles. The van der Waals surface area contributed by atoms with Gasteiger partial charge in [-0.2, -0.15) is 0 Å². The number of halogens is 1. The van der Waals surface area contributed by atoms with Gasteiger partial charge in [0.1, 0.15) is 0 Å². The summed E-state index contributed by atoms with van der Waals surface area (Å²) in [6, 6.07) is 7.26. The van der Waals surface area contributed by atoms with Crippen LogP contribution in [0.2, 0.25) is 0 Å². The van der Waals surface area contributed by atoms with Gasteiger partial charge in [-0.1, -0.05) is 56.7 Å². The Balaban J connectivity index is 1.97. The van der Waals surface area contributed by atoms with Crippen LogP contribution >= 0.6 is 11.6 Å². The van der Waals surface area contributed by atoms with Gasteiger partial charge in [0.05, 0.1) is 12.2 Å². The Labute approximate surface area is 145 Å². The number of alkyl halides is 1. The Bertz CT molecular complexity index is 439. The van der Waals surface area contributed by atoms with Gasteiger partial charge in [-0.3, -0.25) is 0 Å². The summed E-state index contributed by atoms with van der Waals surface area (Å²) in [5.41, 5.74) is 1.60. The minimum absolute atomic E-state index is 0.242. The van der Waals surface area contributed by atoms with E-state index in [1.54, 1.807) is 12.1 Å². The average Bonchev–Trinajstić information content (AvgIpc) is 2.59. The van der Waals surface area contributed by atoms with Crippen molar-refractivity contribution < 1.29 is 9.53 Å². The zero-order valence-electron chi connectivity index (χ0n) is 14.1. The summed E-state index contributed by atoms with van der Waals surface area (Å²) in [4.78, 5) is 11.8. The smallest absolute Gasteiger partial charge is 0.338 e. The fourth-order valence-corrected chi connectivity index (χ4v) is 2.61. The molecule has 3 heteroatoms. The van der Waals surface area contributed by atoms with Crippen molar-refractivity contribution in [1.29, 1.82) is 0 Å². The molecule has 1 aromatic rings. The van der Waals surface area contributed by atoms with Crippen LogP contribution in [0.1, 0.15) is 73.7 Å². The first-order chi connectivity index (χ1) is 11.3. The van der Waals surface area contributed by atoms with Gasteiger partial charge in [-0.15, -0.1) is 18.2 Å². The van der Waals surface area contributed by atoms with E-state index in [0.717, 1.165) is 24.8 Å². The van der Waals surface area contributed by atoms with Gasteiger partial charge in [-0.05, 0) is 37.0 Å². The predicted molar refractivity (Wildman–Crippen MR) is 98.0 cm³/mol. The number of hydrogen-bond donors (Lipinski definition) is 0. The van der Waals surface area contributed by atoms with E-state index in [2.05, 4.69) is 6.58 Å². The highest BCUT2D eigenvalue weighted by molar-refractivity contribution is 6.17. The van der Waals surface area contributed by atoms with E-state index in [4.69, 9.17) is 16.3 Å². The van der Waals surface area contributed by atoms with Crippen molar-refractivity contribution in [2.24, 2.45) is 0 Å². The fourth-order valence-electron chi connectivity index (χ4n) is 2.43. The summed E-state index contributed by atoms with van der Waals surface area (Å²) in [7, 11) is 0. The highest BCUT2D eigenvalue weighted by atomic mass is 35.5. The summed E-state index contributed by atoms with van der Waals surface area (Å²) in [5.74, 6) is 0.220. The Morgan fingerprint density at radius 2 is 1.52 bits per heavy atom. The van der Waals surface area contributed by atoms with Gasteiger partial charge in [0.25, 0.3) is 0 Å². The molecule has 0 spiro atoms. The maximum absolute atomic E-state index is 11.8. The summed E-state index contributed by atoms with van der Waals surface area (Å²) < 4.78 is 5.29. The second-order valence-corrected chi connectivity index (χ2v) is 6.14. The molecule has 0 fully saturated rings. The summed E-state index contributed by atoms with van der Waals surface area (Å²) in [6.07, 6.45) is 12.9. The molecule has 0 radical (unpaired) electrons. The third-order valence-electron chi connectivity index (χ3n) is 3.88. The van der Waals surface area contributed by atoms with E-state index < -0.39 is 0 Å². The standard InChI is InChI=1S/C20H29ClO2/c1-2-3-4-5-6-7-8-9-10-11-16-23-20(22)19-14-12-18(17-21)13-15-19/h2,12-15H,1,3-11,16-17H2. The molecule has 0 heterocycles. The summed E-state index contributed by atoms with van der Waals surface area (Å²) in [6.45, 7) is 4.24. The Morgan fingerprint density at radius 1 is 0.957 bits per heavy atom. The number of allylic oxidation sites excluding steroid dienone is 1. The number of esters is 1. The van der Waals surface area contributed by atoms with E-state index in [1.807, 2.05) is 18.2 Å². The van der Waals surface area contributed by atoms with E-state index >= 15 is 0 Å². The Hall–Kier alpha value is -1.28. The lowest BCUT2D eigenvalue weighted by Gasteiger charge is -2.05. The van der Waals surface area contributed by atoms with Gasteiger partial charge >= 0.3 is 5.97 Å². The molecule has 0 amide bonds. The van der Waals surface area contributed by atoms with Crippen LogP contribution < -0.4 is 0 Å². The van der Waals surface area contributed by atoms with Crippen LogP contribution in [-0.4, -0.2) is 12.6 Å². The van der Waals surface area contributed by atoms with Crippen LogP contribution in [0.4, 0.5) is 0 Å². The zero-order chi connectivity index (χ0) is 16.8. The lowest BCUT2D eigenvalue weighted by molar-refractivity contribution is 0.0497. The third kappa shape index (κ3) is 9.45. The van der Waals surface area contributed by atoms with Gasteiger partial charge in [-0.25, -0.2) is 4.79 Å². The largest absolute Gasteiger partial charge is 0.462 e.